The summed E-state index contributed by atoms with van der Waals surface area (Å²) in [6.07, 6.45) is 1.97. The number of rotatable bonds is 7. The summed E-state index contributed by atoms with van der Waals surface area (Å²) in [5.41, 5.74) is 5.73. The van der Waals surface area contributed by atoms with Crippen molar-refractivity contribution in [1.29, 1.82) is 0 Å². The van der Waals surface area contributed by atoms with Gasteiger partial charge in [-0.25, -0.2) is 0 Å². The molecular formula is C20H22BrN3O4S. The highest BCUT2D eigenvalue weighted by Crippen LogP contribution is 2.25. The van der Waals surface area contributed by atoms with Crippen LogP contribution in [0, 0.1) is 0 Å². The standard InChI is InChI=1S/C20H22BrN3O4S/c1-3-4-10-28-15-7-5-6-13(11-15)18(25)22-20(29)24-23-19(26)14-8-9-17(27-2)16(21)12-14/h5-9,11-12H,3-4,10H2,1-2H3,(H,23,26)(H2,22,24,25,29). The third-order valence-corrected chi connectivity index (χ3v) is 4.62. The van der Waals surface area contributed by atoms with Crippen LogP contribution in [0.3, 0.4) is 0 Å². The summed E-state index contributed by atoms with van der Waals surface area (Å²) in [5, 5.41) is 2.47. The molecule has 0 atom stereocenters. The predicted octanol–water partition coefficient (Wildman–Crippen LogP) is 3.59. The second-order valence-corrected chi connectivity index (χ2v) is 7.20. The molecule has 0 saturated heterocycles. The molecule has 2 rings (SSSR count). The zero-order valence-electron chi connectivity index (χ0n) is 16.1. The minimum absolute atomic E-state index is 0.0340. The Morgan fingerprint density at radius 2 is 1.83 bits per heavy atom. The molecule has 0 radical (unpaired) electrons. The van der Waals surface area contributed by atoms with Crippen LogP contribution in [0.15, 0.2) is 46.9 Å². The average Bonchev–Trinajstić information content (AvgIpc) is 2.72. The van der Waals surface area contributed by atoms with Crippen molar-refractivity contribution in [3.8, 4) is 11.5 Å². The van der Waals surface area contributed by atoms with Gasteiger partial charge in [-0.15, -0.1) is 0 Å². The monoisotopic (exact) mass is 479 g/mol. The maximum Gasteiger partial charge on any atom is 0.269 e. The summed E-state index contributed by atoms with van der Waals surface area (Å²) in [5.74, 6) is 0.391. The number of carbonyl (C=O) groups is 2. The van der Waals surface area contributed by atoms with Crippen molar-refractivity contribution < 1.29 is 19.1 Å². The maximum absolute atomic E-state index is 12.3. The van der Waals surface area contributed by atoms with Gasteiger partial charge in [-0.05, 0) is 71.0 Å². The molecule has 2 amide bonds. The molecule has 9 heteroatoms. The van der Waals surface area contributed by atoms with Gasteiger partial charge in [0.1, 0.15) is 11.5 Å². The fourth-order valence-corrected chi connectivity index (χ4v) is 2.95. The molecule has 0 aliphatic heterocycles. The van der Waals surface area contributed by atoms with E-state index in [1.807, 2.05) is 0 Å². The minimum Gasteiger partial charge on any atom is -0.496 e. The van der Waals surface area contributed by atoms with Crippen molar-refractivity contribution in [2.45, 2.75) is 19.8 Å². The van der Waals surface area contributed by atoms with Gasteiger partial charge in [0.25, 0.3) is 11.8 Å². The van der Waals surface area contributed by atoms with Crippen molar-refractivity contribution in [2.75, 3.05) is 13.7 Å². The van der Waals surface area contributed by atoms with Crippen molar-refractivity contribution in [1.82, 2.24) is 16.2 Å². The fraction of sp³-hybridized carbons (Fsp3) is 0.250. The molecule has 0 aliphatic carbocycles. The van der Waals surface area contributed by atoms with E-state index in [-0.39, 0.29) is 5.11 Å². The Bertz CT molecular complexity index is 892. The quantitative estimate of drug-likeness (QED) is 0.319. The maximum atomic E-state index is 12.3. The van der Waals surface area contributed by atoms with Crippen LogP contribution in [-0.4, -0.2) is 30.6 Å². The topological polar surface area (TPSA) is 88.7 Å². The predicted molar refractivity (Wildman–Crippen MR) is 118 cm³/mol. The first-order chi connectivity index (χ1) is 13.9. The molecule has 0 aliphatic rings. The molecule has 7 nitrogen and oxygen atoms in total. The van der Waals surface area contributed by atoms with Crippen LogP contribution in [0.25, 0.3) is 0 Å². The summed E-state index contributed by atoms with van der Waals surface area (Å²) >= 11 is 8.39. The first kappa shape index (κ1) is 22.6. The highest BCUT2D eigenvalue weighted by Gasteiger charge is 2.12. The third kappa shape index (κ3) is 7.03. The molecule has 0 heterocycles. The number of amides is 2. The molecule has 154 valence electrons. The Balaban J connectivity index is 1.87. The smallest absolute Gasteiger partial charge is 0.269 e. The third-order valence-electron chi connectivity index (χ3n) is 3.79. The van der Waals surface area contributed by atoms with Crippen molar-refractivity contribution >= 4 is 45.1 Å². The number of ether oxygens (including phenoxy) is 2. The lowest BCUT2D eigenvalue weighted by molar-refractivity contribution is 0.0934. The zero-order chi connectivity index (χ0) is 21.2. The van der Waals surface area contributed by atoms with E-state index in [0.29, 0.717) is 33.7 Å². The Labute approximate surface area is 183 Å². The van der Waals surface area contributed by atoms with E-state index in [2.05, 4.69) is 39.0 Å². The van der Waals surface area contributed by atoms with E-state index >= 15 is 0 Å². The molecule has 0 spiro atoms. The molecular weight excluding hydrogens is 458 g/mol. The first-order valence-corrected chi connectivity index (χ1v) is 10.1. The number of hydrazine groups is 1. The lowest BCUT2D eigenvalue weighted by atomic mass is 10.2. The lowest BCUT2D eigenvalue weighted by Crippen LogP contribution is -2.48. The van der Waals surface area contributed by atoms with Crippen LogP contribution in [0.5, 0.6) is 11.5 Å². The highest BCUT2D eigenvalue weighted by molar-refractivity contribution is 9.10. The highest BCUT2D eigenvalue weighted by atomic mass is 79.9. The number of hydrogen-bond acceptors (Lipinski definition) is 5. The fourth-order valence-electron chi connectivity index (χ4n) is 2.26. The SMILES string of the molecule is CCCCOc1cccc(C(=O)NC(=S)NNC(=O)c2ccc(OC)c(Br)c2)c1. The van der Waals surface area contributed by atoms with Gasteiger partial charge in [-0.2, -0.15) is 0 Å². The number of hydrogen-bond donors (Lipinski definition) is 3. The summed E-state index contributed by atoms with van der Waals surface area (Å²) in [6, 6.07) is 11.7. The average molecular weight is 480 g/mol. The van der Waals surface area contributed by atoms with Gasteiger partial charge < -0.3 is 9.47 Å². The summed E-state index contributed by atoms with van der Waals surface area (Å²) in [4.78, 5) is 24.5. The number of unbranched alkanes of at least 4 members (excludes halogenated alkanes) is 1. The van der Waals surface area contributed by atoms with E-state index in [1.54, 1.807) is 42.5 Å². The minimum atomic E-state index is -0.420. The van der Waals surface area contributed by atoms with E-state index in [0.717, 1.165) is 12.8 Å². The van der Waals surface area contributed by atoms with Crippen LogP contribution >= 0.6 is 28.1 Å². The molecule has 2 aromatic rings. The molecule has 0 bridgehead atoms. The van der Waals surface area contributed by atoms with Gasteiger partial charge in [0.2, 0.25) is 0 Å². The summed E-state index contributed by atoms with van der Waals surface area (Å²) in [6.45, 7) is 2.67. The Hall–Kier alpha value is -2.65. The number of methoxy groups -OCH3 is 1. The molecule has 0 saturated carbocycles. The van der Waals surface area contributed by atoms with E-state index in [4.69, 9.17) is 21.7 Å². The van der Waals surface area contributed by atoms with Crippen molar-refractivity contribution in [3.05, 3.63) is 58.1 Å². The van der Waals surface area contributed by atoms with Gasteiger partial charge in [0.15, 0.2) is 5.11 Å². The van der Waals surface area contributed by atoms with Crippen LogP contribution in [0.1, 0.15) is 40.5 Å². The van der Waals surface area contributed by atoms with Crippen LogP contribution < -0.4 is 25.6 Å². The van der Waals surface area contributed by atoms with Crippen molar-refractivity contribution in [2.24, 2.45) is 0 Å². The second kappa shape index (κ2) is 11.4. The van der Waals surface area contributed by atoms with Gasteiger partial charge in [-0.3, -0.25) is 25.8 Å². The Kier molecular flexibility index (Phi) is 8.88. The number of nitrogens with one attached hydrogen (secondary N) is 3. The summed E-state index contributed by atoms with van der Waals surface area (Å²) in [7, 11) is 1.54. The zero-order valence-corrected chi connectivity index (χ0v) is 18.5. The number of benzene rings is 2. The van der Waals surface area contributed by atoms with Crippen molar-refractivity contribution in [3.63, 3.8) is 0 Å². The Morgan fingerprint density at radius 3 is 2.52 bits per heavy atom. The van der Waals surface area contributed by atoms with Gasteiger partial charge in [0, 0.05) is 11.1 Å². The van der Waals surface area contributed by atoms with Gasteiger partial charge >= 0.3 is 0 Å². The Morgan fingerprint density at radius 1 is 1.07 bits per heavy atom. The number of thiocarbonyl (C=S) groups is 1. The lowest BCUT2D eigenvalue weighted by Gasteiger charge is -2.12. The van der Waals surface area contributed by atoms with E-state index in [1.165, 1.54) is 7.11 Å². The summed E-state index contributed by atoms with van der Waals surface area (Å²) < 4.78 is 11.4. The number of halogens is 1. The second-order valence-electron chi connectivity index (χ2n) is 5.94. The normalized spacial score (nSPS) is 10.0. The largest absolute Gasteiger partial charge is 0.496 e. The molecule has 2 aromatic carbocycles. The molecule has 0 aromatic heterocycles. The molecule has 29 heavy (non-hydrogen) atoms. The van der Waals surface area contributed by atoms with E-state index in [9.17, 15) is 9.59 Å². The molecule has 0 unspecified atom stereocenters. The van der Waals surface area contributed by atoms with Crippen LogP contribution in [0.4, 0.5) is 0 Å². The van der Waals surface area contributed by atoms with Crippen LogP contribution in [-0.2, 0) is 0 Å². The van der Waals surface area contributed by atoms with E-state index < -0.39 is 11.8 Å². The van der Waals surface area contributed by atoms with Gasteiger partial charge in [0.05, 0.1) is 18.2 Å². The molecule has 3 N–H and O–H groups in total. The first-order valence-electron chi connectivity index (χ1n) is 8.92. The number of carbonyl (C=O) groups excluding carboxylic acids is 2. The molecule has 0 fully saturated rings. The van der Waals surface area contributed by atoms with Crippen LogP contribution in [0.2, 0.25) is 0 Å². The van der Waals surface area contributed by atoms with Gasteiger partial charge in [-0.1, -0.05) is 19.4 Å².